The summed E-state index contributed by atoms with van der Waals surface area (Å²) in [6.07, 6.45) is 0.774. The van der Waals surface area contributed by atoms with Crippen molar-refractivity contribution >= 4 is 25.8 Å². The first-order chi connectivity index (χ1) is 9.75. The minimum absolute atomic E-state index is 0.169. The first kappa shape index (κ1) is 18.4. The van der Waals surface area contributed by atoms with Crippen molar-refractivity contribution in [2.45, 2.75) is 23.2 Å². The highest BCUT2D eigenvalue weighted by Crippen LogP contribution is 2.30. The fraction of sp³-hybridized carbons (Fsp3) is 0.364. The van der Waals surface area contributed by atoms with E-state index in [0.29, 0.717) is 12.1 Å². The molecule has 0 aliphatic rings. The number of halogens is 3. The molecule has 1 aromatic carbocycles. The fourth-order valence-electron chi connectivity index (χ4n) is 1.49. The van der Waals surface area contributed by atoms with Crippen LogP contribution >= 0.6 is 0 Å². The van der Waals surface area contributed by atoms with Crippen LogP contribution in [-0.2, 0) is 24.7 Å². The Balaban J connectivity index is 3.06. The largest absolute Gasteiger partial charge is 0.501 e. The summed E-state index contributed by atoms with van der Waals surface area (Å²) < 4.78 is 83.1. The van der Waals surface area contributed by atoms with E-state index in [4.69, 9.17) is 0 Å². The van der Waals surface area contributed by atoms with Crippen LogP contribution in [0.2, 0.25) is 0 Å². The third kappa shape index (κ3) is 4.19. The van der Waals surface area contributed by atoms with Gasteiger partial charge in [-0.05, 0) is 24.6 Å². The van der Waals surface area contributed by atoms with Crippen LogP contribution in [0.4, 0.5) is 13.2 Å². The quantitative estimate of drug-likeness (QED) is 0.870. The lowest BCUT2D eigenvalue weighted by Crippen LogP contribution is -2.32. The molecule has 0 aromatic heterocycles. The predicted octanol–water partition coefficient (Wildman–Crippen LogP) is 1.16. The molecular weight excluding hydrogens is 347 g/mol. The van der Waals surface area contributed by atoms with Crippen LogP contribution in [-0.4, -0.2) is 34.5 Å². The van der Waals surface area contributed by atoms with E-state index in [1.807, 2.05) is 0 Å². The van der Waals surface area contributed by atoms with Gasteiger partial charge >= 0.3 is 5.51 Å². The number of sulfone groups is 1. The molecular formula is C11H12F3NO5S2. The van der Waals surface area contributed by atoms with E-state index in [0.717, 1.165) is 18.4 Å². The van der Waals surface area contributed by atoms with E-state index in [9.17, 15) is 34.8 Å². The van der Waals surface area contributed by atoms with Gasteiger partial charge in [0.2, 0.25) is 15.9 Å². The van der Waals surface area contributed by atoms with Crippen molar-refractivity contribution in [1.82, 2.24) is 4.72 Å². The Morgan fingerprint density at radius 1 is 1.09 bits per heavy atom. The zero-order chi connectivity index (χ0) is 17.3. The van der Waals surface area contributed by atoms with Crippen molar-refractivity contribution in [3.05, 3.63) is 29.8 Å². The number of carbonyl (C=O) groups excluding carboxylic acids is 1. The van der Waals surface area contributed by atoms with E-state index in [1.54, 1.807) is 4.72 Å². The number of hydrogen-bond donors (Lipinski definition) is 1. The van der Waals surface area contributed by atoms with Crippen LogP contribution in [0.15, 0.2) is 29.2 Å². The normalized spacial score (nSPS) is 14.4. The van der Waals surface area contributed by atoms with Crippen LogP contribution in [0.3, 0.4) is 0 Å². The summed E-state index contributed by atoms with van der Waals surface area (Å²) in [5, 5.41) is 0. The molecule has 0 heterocycles. The first-order valence-electron chi connectivity index (χ1n) is 5.68. The zero-order valence-electron chi connectivity index (χ0n) is 11.4. The van der Waals surface area contributed by atoms with Gasteiger partial charge in [-0.2, -0.15) is 13.2 Å². The van der Waals surface area contributed by atoms with Crippen LogP contribution in [0.5, 0.6) is 0 Å². The van der Waals surface area contributed by atoms with Crippen molar-refractivity contribution in [3.63, 3.8) is 0 Å². The van der Waals surface area contributed by atoms with Gasteiger partial charge in [0.05, 0.1) is 17.1 Å². The molecule has 6 nitrogen and oxygen atoms in total. The number of hydrogen-bond acceptors (Lipinski definition) is 5. The van der Waals surface area contributed by atoms with Crippen molar-refractivity contribution in [2.75, 3.05) is 6.26 Å². The smallest absolute Gasteiger partial charge is 0.273 e. The maximum absolute atomic E-state index is 12.4. The SMILES string of the molecule is C[C@@H](C(=O)NS(C)(=O)=O)c1ccc(S(=O)(=O)C(F)(F)F)cc1. The minimum atomic E-state index is -5.46. The number of benzene rings is 1. The molecule has 124 valence electrons. The summed E-state index contributed by atoms with van der Waals surface area (Å²) in [5.74, 6) is -1.87. The number of sulfonamides is 1. The first-order valence-corrected chi connectivity index (χ1v) is 9.06. The van der Waals surface area contributed by atoms with E-state index in [2.05, 4.69) is 0 Å². The van der Waals surface area contributed by atoms with E-state index >= 15 is 0 Å². The fourth-order valence-corrected chi connectivity index (χ4v) is 2.80. The molecule has 1 atom stereocenters. The highest BCUT2D eigenvalue weighted by atomic mass is 32.2. The summed E-state index contributed by atoms with van der Waals surface area (Å²) in [6, 6.07) is 3.46. The van der Waals surface area contributed by atoms with Crippen molar-refractivity contribution < 1.29 is 34.8 Å². The second kappa shape index (κ2) is 5.88. The van der Waals surface area contributed by atoms with E-state index in [-0.39, 0.29) is 5.56 Å². The van der Waals surface area contributed by atoms with Crippen LogP contribution in [0.25, 0.3) is 0 Å². The molecule has 0 fully saturated rings. The standard InChI is InChI=1S/C11H12F3NO5S2/c1-7(10(16)15-21(2,17)18)8-3-5-9(6-4-8)22(19,20)11(12,13)14/h3-7H,1-2H3,(H,15,16)/t7-/m1/s1. The summed E-state index contributed by atoms with van der Waals surface area (Å²) in [6.45, 7) is 1.33. The maximum Gasteiger partial charge on any atom is 0.501 e. The van der Waals surface area contributed by atoms with Gasteiger partial charge in [-0.15, -0.1) is 0 Å². The molecule has 0 aliphatic carbocycles. The molecule has 0 radical (unpaired) electrons. The average Bonchev–Trinajstić information content (AvgIpc) is 2.34. The average molecular weight is 359 g/mol. The Bertz CT molecular complexity index is 767. The number of rotatable bonds is 4. The molecule has 1 rings (SSSR count). The van der Waals surface area contributed by atoms with Gasteiger partial charge in [-0.1, -0.05) is 12.1 Å². The van der Waals surface area contributed by atoms with Gasteiger partial charge in [0.1, 0.15) is 0 Å². The van der Waals surface area contributed by atoms with Crippen LogP contribution < -0.4 is 4.72 Å². The summed E-state index contributed by atoms with van der Waals surface area (Å²) >= 11 is 0. The van der Waals surface area contributed by atoms with Crippen LogP contribution in [0.1, 0.15) is 18.4 Å². The molecule has 11 heteroatoms. The van der Waals surface area contributed by atoms with Gasteiger partial charge in [-0.25, -0.2) is 16.8 Å². The highest BCUT2D eigenvalue weighted by Gasteiger charge is 2.46. The lowest BCUT2D eigenvalue weighted by Gasteiger charge is -2.13. The van der Waals surface area contributed by atoms with Crippen LogP contribution in [0, 0.1) is 0 Å². The van der Waals surface area contributed by atoms with Gasteiger partial charge in [0.15, 0.2) is 0 Å². The van der Waals surface area contributed by atoms with Gasteiger partial charge in [-0.3, -0.25) is 9.52 Å². The number of alkyl halides is 3. The molecule has 0 unspecified atom stereocenters. The highest BCUT2D eigenvalue weighted by molar-refractivity contribution is 7.92. The Kier molecular flexibility index (Phi) is 4.92. The third-order valence-electron chi connectivity index (χ3n) is 2.67. The molecule has 0 saturated heterocycles. The molecule has 0 spiro atoms. The summed E-state index contributed by atoms with van der Waals surface area (Å²) in [7, 11) is -9.24. The Labute approximate surface area is 125 Å². The van der Waals surface area contributed by atoms with Gasteiger partial charge in [0, 0.05) is 0 Å². The number of amides is 1. The topological polar surface area (TPSA) is 97.4 Å². The second-order valence-corrected chi connectivity index (χ2v) is 8.17. The lowest BCUT2D eigenvalue weighted by molar-refractivity contribution is -0.120. The van der Waals surface area contributed by atoms with Gasteiger partial charge in [0.25, 0.3) is 9.84 Å². The molecule has 22 heavy (non-hydrogen) atoms. The molecule has 0 saturated carbocycles. The maximum atomic E-state index is 12.4. The molecule has 0 aliphatic heterocycles. The predicted molar refractivity (Wildman–Crippen MR) is 71.1 cm³/mol. The molecule has 1 aromatic rings. The monoisotopic (exact) mass is 359 g/mol. The van der Waals surface area contributed by atoms with Crippen molar-refractivity contribution in [1.29, 1.82) is 0 Å². The Morgan fingerprint density at radius 2 is 1.55 bits per heavy atom. The lowest BCUT2D eigenvalue weighted by atomic mass is 10.0. The molecule has 1 N–H and O–H groups in total. The molecule has 0 bridgehead atoms. The second-order valence-electron chi connectivity index (χ2n) is 4.48. The van der Waals surface area contributed by atoms with Gasteiger partial charge < -0.3 is 0 Å². The summed E-state index contributed by atoms with van der Waals surface area (Å²) in [4.78, 5) is 10.7. The van der Waals surface area contributed by atoms with E-state index in [1.165, 1.54) is 6.92 Å². The molecule has 1 amide bonds. The zero-order valence-corrected chi connectivity index (χ0v) is 13.0. The Morgan fingerprint density at radius 3 is 1.91 bits per heavy atom. The third-order valence-corrected chi connectivity index (χ3v) is 4.75. The van der Waals surface area contributed by atoms with Crippen molar-refractivity contribution in [3.8, 4) is 0 Å². The Hall–Kier alpha value is -1.62. The van der Waals surface area contributed by atoms with E-state index < -0.39 is 42.1 Å². The summed E-state index contributed by atoms with van der Waals surface area (Å²) in [5.41, 5.74) is -5.25. The minimum Gasteiger partial charge on any atom is -0.273 e. The van der Waals surface area contributed by atoms with Crippen molar-refractivity contribution in [2.24, 2.45) is 0 Å². The number of carbonyl (C=O) groups is 1. The number of nitrogens with one attached hydrogen (secondary N) is 1.